The molecule has 0 amide bonds. The number of sulfonamides is 1. The summed E-state index contributed by atoms with van der Waals surface area (Å²) in [5.74, 6) is 0.846. The van der Waals surface area contributed by atoms with Gasteiger partial charge in [0.1, 0.15) is 4.90 Å². The maximum Gasteiger partial charge on any atom is 0.244 e. The maximum atomic E-state index is 13.2. The lowest BCUT2D eigenvalue weighted by molar-refractivity contribution is 0.353. The molecule has 0 bridgehead atoms. The molecule has 0 radical (unpaired) electrons. The molecule has 0 spiro atoms. The lowest BCUT2D eigenvalue weighted by atomic mass is 10.2. The van der Waals surface area contributed by atoms with Gasteiger partial charge in [-0.15, -0.1) is 0 Å². The van der Waals surface area contributed by atoms with E-state index in [2.05, 4.69) is 15.9 Å². The predicted molar refractivity (Wildman–Crippen MR) is 102 cm³/mol. The molecule has 0 aliphatic carbocycles. The lowest BCUT2D eigenvalue weighted by Crippen LogP contribution is -2.31. The van der Waals surface area contributed by atoms with Crippen LogP contribution in [0.2, 0.25) is 0 Å². The van der Waals surface area contributed by atoms with Gasteiger partial charge in [0.05, 0.1) is 14.2 Å². The van der Waals surface area contributed by atoms with E-state index in [1.54, 1.807) is 6.07 Å². The summed E-state index contributed by atoms with van der Waals surface area (Å²) in [6, 6.07) is 12.7. The van der Waals surface area contributed by atoms with Crippen LogP contribution in [0.5, 0.6) is 11.5 Å². The number of rotatable bonds is 8. The molecule has 0 saturated heterocycles. The first-order valence-electron chi connectivity index (χ1n) is 7.89. The van der Waals surface area contributed by atoms with Gasteiger partial charge in [0, 0.05) is 23.6 Å². The Bertz CT molecular complexity index is 809. The standard InChI is InChI=1S/C18H22BrNO4S/c1-4-10-20(13-14-8-6-5-7-9-14)25(21,22)18-12-17(24-3)16(23-2)11-15(18)19/h5-9,11-12H,4,10,13H2,1-3H3. The van der Waals surface area contributed by atoms with Gasteiger partial charge < -0.3 is 9.47 Å². The van der Waals surface area contributed by atoms with E-state index in [0.29, 0.717) is 29.1 Å². The monoisotopic (exact) mass is 427 g/mol. The van der Waals surface area contributed by atoms with Crippen molar-refractivity contribution in [3.8, 4) is 11.5 Å². The van der Waals surface area contributed by atoms with Crippen LogP contribution in [0.3, 0.4) is 0 Å². The van der Waals surface area contributed by atoms with Crippen LogP contribution in [0.1, 0.15) is 18.9 Å². The van der Waals surface area contributed by atoms with Crippen molar-refractivity contribution < 1.29 is 17.9 Å². The number of benzene rings is 2. The molecule has 2 aromatic rings. The van der Waals surface area contributed by atoms with Gasteiger partial charge >= 0.3 is 0 Å². The molecular formula is C18H22BrNO4S. The molecule has 136 valence electrons. The van der Waals surface area contributed by atoms with Crippen molar-refractivity contribution in [2.24, 2.45) is 0 Å². The summed E-state index contributed by atoms with van der Waals surface area (Å²) in [7, 11) is -0.706. The summed E-state index contributed by atoms with van der Waals surface area (Å²) in [5, 5.41) is 0. The number of methoxy groups -OCH3 is 2. The summed E-state index contributed by atoms with van der Waals surface area (Å²) < 4.78 is 38.8. The fourth-order valence-corrected chi connectivity index (χ4v) is 5.01. The van der Waals surface area contributed by atoms with Crippen molar-refractivity contribution >= 4 is 26.0 Å². The molecular weight excluding hydrogens is 406 g/mol. The Labute approximate surface area is 157 Å². The van der Waals surface area contributed by atoms with Crippen molar-refractivity contribution in [1.29, 1.82) is 0 Å². The van der Waals surface area contributed by atoms with Crippen LogP contribution < -0.4 is 9.47 Å². The Morgan fingerprint density at radius 3 is 2.20 bits per heavy atom. The van der Waals surface area contributed by atoms with Gasteiger partial charge in [-0.1, -0.05) is 37.3 Å². The summed E-state index contributed by atoms with van der Waals surface area (Å²) in [6.07, 6.45) is 0.719. The molecule has 0 N–H and O–H groups in total. The number of nitrogens with zero attached hydrogens (tertiary/aromatic N) is 1. The quantitative estimate of drug-likeness (QED) is 0.636. The first kappa shape index (κ1) is 19.8. The second-order valence-electron chi connectivity index (χ2n) is 5.46. The van der Waals surface area contributed by atoms with E-state index < -0.39 is 10.0 Å². The minimum absolute atomic E-state index is 0.162. The highest BCUT2D eigenvalue weighted by atomic mass is 79.9. The van der Waals surface area contributed by atoms with Crippen molar-refractivity contribution in [3.63, 3.8) is 0 Å². The summed E-state index contributed by atoms with van der Waals surface area (Å²) in [6.45, 7) is 2.70. The third kappa shape index (κ3) is 4.54. The molecule has 0 heterocycles. The fourth-order valence-electron chi connectivity index (χ4n) is 2.49. The van der Waals surface area contributed by atoms with Crippen molar-refractivity contribution in [2.75, 3.05) is 20.8 Å². The lowest BCUT2D eigenvalue weighted by Gasteiger charge is -2.23. The average Bonchev–Trinajstić information content (AvgIpc) is 2.61. The van der Waals surface area contributed by atoms with Crippen LogP contribution in [0.15, 0.2) is 51.8 Å². The van der Waals surface area contributed by atoms with Crippen LogP contribution in [-0.4, -0.2) is 33.5 Å². The number of hydrogen-bond acceptors (Lipinski definition) is 4. The summed E-state index contributed by atoms with van der Waals surface area (Å²) in [4.78, 5) is 0.162. The number of halogens is 1. The molecule has 25 heavy (non-hydrogen) atoms. The SMILES string of the molecule is CCCN(Cc1ccccc1)S(=O)(=O)c1cc(OC)c(OC)cc1Br. The Morgan fingerprint density at radius 2 is 1.64 bits per heavy atom. The Morgan fingerprint density at radius 1 is 1.04 bits per heavy atom. The van der Waals surface area contributed by atoms with Gasteiger partial charge in [0.25, 0.3) is 0 Å². The van der Waals surface area contributed by atoms with E-state index in [0.717, 1.165) is 12.0 Å². The molecule has 0 unspecified atom stereocenters. The molecule has 2 rings (SSSR count). The Hall–Kier alpha value is -1.57. The van der Waals surface area contributed by atoms with Gasteiger partial charge in [0.2, 0.25) is 10.0 Å². The van der Waals surface area contributed by atoms with E-state index in [1.165, 1.54) is 24.6 Å². The Kier molecular flexibility index (Phi) is 6.87. The predicted octanol–water partition coefficient (Wildman–Crippen LogP) is 4.07. The zero-order valence-corrected chi connectivity index (χ0v) is 16.9. The third-order valence-corrected chi connectivity index (χ3v) is 6.53. The highest BCUT2D eigenvalue weighted by Gasteiger charge is 2.28. The summed E-state index contributed by atoms with van der Waals surface area (Å²) >= 11 is 3.35. The number of hydrogen-bond donors (Lipinski definition) is 0. The van der Waals surface area contributed by atoms with Gasteiger partial charge in [-0.05, 0) is 34.0 Å². The van der Waals surface area contributed by atoms with Crippen molar-refractivity contribution in [2.45, 2.75) is 24.8 Å². The van der Waals surface area contributed by atoms with Crippen LogP contribution >= 0.6 is 15.9 Å². The molecule has 7 heteroatoms. The average molecular weight is 428 g/mol. The van der Waals surface area contributed by atoms with Crippen LogP contribution in [0, 0.1) is 0 Å². The highest BCUT2D eigenvalue weighted by molar-refractivity contribution is 9.10. The van der Waals surface area contributed by atoms with Crippen LogP contribution in [0.25, 0.3) is 0 Å². The molecule has 0 aliphatic heterocycles. The molecule has 2 aromatic carbocycles. The van der Waals surface area contributed by atoms with Gasteiger partial charge in [-0.3, -0.25) is 0 Å². The first-order chi connectivity index (χ1) is 11.9. The smallest absolute Gasteiger partial charge is 0.244 e. The fraction of sp³-hybridized carbons (Fsp3) is 0.333. The third-order valence-electron chi connectivity index (χ3n) is 3.73. The van der Waals surface area contributed by atoms with Crippen molar-refractivity contribution in [3.05, 3.63) is 52.5 Å². The molecule has 0 aromatic heterocycles. The second-order valence-corrected chi connectivity index (χ2v) is 8.22. The molecule has 5 nitrogen and oxygen atoms in total. The van der Waals surface area contributed by atoms with E-state index >= 15 is 0 Å². The maximum absolute atomic E-state index is 13.2. The van der Waals surface area contributed by atoms with E-state index in [1.807, 2.05) is 37.3 Å². The van der Waals surface area contributed by atoms with Gasteiger partial charge in [0.15, 0.2) is 11.5 Å². The van der Waals surface area contributed by atoms with E-state index in [4.69, 9.17) is 9.47 Å². The van der Waals surface area contributed by atoms with Gasteiger partial charge in [-0.25, -0.2) is 8.42 Å². The topological polar surface area (TPSA) is 55.8 Å². The zero-order chi connectivity index (χ0) is 18.4. The van der Waals surface area contributed by atoms with Crippen LogP contribution in [0.4, 0.5) is 0 Å². The van der Waals surface area contributed by atoms with E-state index in [9.17, 15) is 8.42 Å². The Balaban J connectivity index is 2.46. The molecule has 0 saturated carbocycles. The summed E-state index contributed by atoms with van der Waals surface area (Å²) in [5.41, 5.74) is 0.941. The minimum Gasteiger partial charge on any atom is -0.493 e. The van der Waals surface area contributed by atoms with Crippen LogP contribution in [-0.2, 0) is 16.6 Å². The molecule has 0 fully saturated rings. The normalized spacial score (nSPS) is 11.6. The zero-order valence-electron chi connectivity index (χ0n) is 14.5. The second kappa shape index (κ2) is 8.69. The molecule has 0 aliphatic rings. The van der Waals surface area contributed by atoms with Gasteiger partial charge in [-0.2, -0.15) is 4.31 Å². The largest absolute Gasteiger partial charge is 0.493 e. The minimum atomic E-state index is -3.70. The van der Waals surface area contributed by atoms with Crippen molar-refractivity contribution in [1.82, 2.24) is 4.31 Å². The first-order valence-corrected chi connectivity index (χ1v) is 10.1. The number of ether oxygens (including phenoxy) is 2. The van der Waals surface area contributed by atoms with E-state index in [-0.39, 0.29) is 4.90 Å². The highest BCUT2D eigenvalue weighted by Crippen LogP contribution is 2.37. The molecule has 0 atom stereocenters.